The molecule has 0 spiro atoms. The first-order valence-corrected chi connectivity index (χ1v) is 7.74. The zero-order valence-corrected chi connectivity index (χ0v) is 13.8. The molecule has 0 radical (unpaired) electrons. The second-order valence-electron chi connectivity index (χ2n) is 6.16. The van der Waals surface area contributed by atoms with Crippen molar-refractivity contribution in [2.45, 2.75) is 6.18 Å². The summed E-state index contributed by atoms with van der Waals surface area (Å²) >= 11 is 0. The highest BCUT2D eigenvalue weighted by Crippen LogP contribution is 2.36. The maximum atomic E-state index is 12.6. The van der Waals surface area contributed by atoms with E-state index in [-0.39, 0.29) is 18.7 Å². The van der Waals surface area contributed by atoms with Crippen LogP contribution in [0.15, 0.2) is 41.2 Å². The van der Waals surface area contributed by atoms with Crippen LogP contribution in [0.2, 0.25) is 0 Å². The number of rotatable bonds is 3. The number of alkyl halides is 3. The minimum Gasteiger partial charge on any atom is -0.368 e. The zero-order valence-electron chi connectivity index (χ0n) is 13.8. The smallest absolute Gasteiger partial charge is 0.368 e. The molecule has 2 aromatic rings. The van der Waals surface area contributed by atoms with Crippen molar-refractivity contribution in [1.82, 2.24) is 4.57 Å². The largest absolute Gasteiger partial charge is 0.419 e. The number of aromatic nitrogens is 1. The fourth-order valence-electron chi connectivity index (χ4n) is 3.12. The van der Waals surface area contributed by atoms with Gasteiger partial charge in [0.1, 0.15) is 11.6 Å². The van der Waals surface area contributed by atoms with Gasteiger partial charge in [-0.25, -0.2) is 0 Å². The minimum atomic E-state index is -4.76. The summed E-state index contributed by atoms with van der Waals surface area (Å²) < 4.78 is 39.3. The molecule has 0 N–H and O–H groups in total. The number of carbonyl (C=O) groups excluding carboxylic acids is 1. The number of benzene rings is 1. The topological polar surface area (TPSA) is 66.1 Å². The Morgan fingerprint density at radius 1 is 1.31 bits per heavy atom. The number of halogens is 3. The molecule has 1 aliphatic heterocycles. The van der Waals surface area contributed by atoms with Crippen molar-refractivity contribution in [1.29, 1.82) is 5.26 Å². The summed E-state index contributed by atoms with van der Waals surface area (Å²) in [6.45, 7) is 2.84. The number of ketones is 1. The van der Waals surface area contributed by atoms with Gasteiger partial charge in [-0.1, -0.05) is 24.8 Å². The lowest BCUT2D eigenvalue weighted by atomic mass is 9.89. The van der Waals surface area contributed by atoms with Crippen LogP contribution in [-0.2, 0) is 11.8 Å². The Labute approximate surface area is 146 Å². The van der Waals surface area contributed by atoms with Gasteiger partial charge < -0.3 is 9.47 Å². The molecule has 1 aliphatic rings. The van der Waals surface area contributed by atoms with E-state index in [1.807, 2.05) is 6.07 Å². The standard InChI is InChI=1S/C18H14F3N3O2/c1-10(18(19,20)21)16(25)11-8-24(9-11)15-12-5-3-4-6-14(12)23(2)17(26)13(15)7-22/h3-6,11H,1,8-9H2,2H3. The molecule has 1 fully saturated rings. The van der Waals surface area contributed by atoms with E-state index in [2.05, 4.69) is 6.58 Å². The lowest BCUT2D eigenvalue weighted by molar-refractivity contribution is -0.132. The first-order valence-electron chi connectivity index (χ1n) is 7.74. The Hall–Kier alpha value is -3.08. The predicted molar refractivity (Wildman–Crippen MR) is 89.8 cm³/mol. The molecule has 0 bridgehead atoms. The van der Waals surface area contributed by atoms with E-state index >= 15 is 0 Å². The van der Waals surface area contributed by atoms with Gasteiger partial charge in [-0.05, 0) is 6.07 Å². The molecule has 1 aromatic carbocycles. The van der Waals surface area contributed by atoms with Crippen LogP contribution >= 0.6 is 0 Å². The Morgan fingerprint density at radius 3 is 2.50 bits per heavy atom. The predicted octanol–water partition coefficient (Wildman–Crippen LogP) is 2.53. The molecule has 8 heteroatoms. The minimum absolute atomic E-state index is 0.000223. The van der Waals surface area contributed by atoms with E-state index in [4.69, 9.17) is 0 Å². The number of carbonyl (C=O) groups is 1. The van der Waals surface area contributed by atoms with Crippen LogP contribution in [0.5, 0.6) is 0 Å². The summed E-state index contributed by atoms with van der Waals surface area (Å²) in [5.74, 6) is -1.92. The van der Waals surface area contributed by atoms with Gasteiger partial charge >= 0.3 is 6.18 Å². The van der Waals surface area contributed by atoms with E-state index < -0.39 is 29.0 Å². The van der Waals surface area contributed by atoms with Crippen LogP contribution in [-0.4, -0.2) is 29.6 Å². The molecule has 2 heterocycles. The summed E-state index contributed by atoms with van der Waals surface area (Å²) in [5, 5.41) is 10.0. The lowest BCUT2D eigenvalue weighted by Gasteiger charge is -2.41. The third-order valence-corrected chi connectivity index (χ3v) is 4.60. The number of allylic oxidation sites excluding steroid dienone is 1. The van der Waals surface area contributed by atoms with Gasteiger partial charge in [0.2, 0.25) is 0 Å². The first kappa shape index (κ1) is 17.7. The van der Waals surface area contributed by atoms with Gasteiger partial charge in [0.15, 0.2) is 5.78 Å². The Kier molecular flexibility index (Phi) is 4.11. The van der Waals surface area contributed by atoms with E-state index in [0.29, 0.717) is 16.6 Å². The molecule has 3 rings (SSSR count). The molecule has 5 nitrogen and oxygen atoms in total. The van der Waals surface area contributed by atoms with Gasteiger partial charge in [-0.2, -0.15) is 18.4 Å². The average molecular weight is 361 g/mol. The first-order chi connectivity index (χ1) is 12.2. The van der Waals surface area contributed by atoms with Gasteiger partial charge in [-0.15, -0.1) is 0 Å². The molecule has 0 atom stereocenters. The molecule has 134 valence electrons. The van der Waals surface area contributed by atoms with Crippen LogP contribution in [0, 0.1) is 17.2 Å². The number of hydrogen-bond donors (Lipinski definition) is 0. The molecule has 0 unspecified atom stereocenters. The number of fused-ring (bicyclic) bond motifs is 1. The molecule has 1 aromatic heterocycles. The Balaban J connectivity index is 1.98. The molecule has 26 heavy (non-hydrogen) atoms. The molecule has 1 saturated heterocycles. The van der Waals surface area contributed by atoms with Crippen molar-refractivity contribution in [2.24, 2.45) is 13.0 Å². The van der Waals surface area contributed by atoms with E-state index in [1.165, 1.54) is 4.57 Å². The molecule has 0 aliphatic carbocycles. The van der Waals surface area contributed by atoms with Gasteiger partial charge in [-0.3, -0.25) is 9.59 Å². The van der Waals surface area contributed by atoms with E-state index in [1.54, 1.807) is 36.2 Å². The van der Waals surface area contributed by atoms with Crippen molar-refractivity contribution >= 4 is 22.4 Å². The van der Waals surface area contributed by atoms with Crippen molar-refractivity contribution in [3.63, 3.8) is 0 Å². The van der Waals surface area contributed by atoms with Crippen LogP contribution in [0.4, 0.5) is 18.9 Å². The second kappa shape index (κ2) is 6.02. The SMILES string of the molecule is C=C(C(=O)C1CN(c2c(C#N)c(=O)n(C)c3ccccc23)C1)C(F)(F)F. The van der Waals surface area contributed by atoms with Crippen LogP contribution in [0.25, 0.3) is 10.9 Å². The lowest BCUT2D eigenvalue weighted by Crippen LogP contribution is -2.52. The number of Topliss-reactive ketones (excluding diaryl/α,β-unsaturated/α-hetero) is 1. The fraction of sp³-hybridized carbons (Fsp3) is 0.278. The summed E-state index contributed by atoms with van der Waals surface area (Å²) in [6, 6.07) is 8.81. The van der Waals surface area contributed by atoms with E-state index in [0.717, 1.165) is 0 Å². The Morgan fingerprint density at radius 2 is 1.92 bits per heavy atom. The number of nitriles is 1. The maximum Gasteiger partial charge on any atom is 0.419 e. The quantitative estimate of drug-likeness (QED) is 0.788. The van der Waals surface area contributed by atoms with Crippen molar-refractivity contribution < 1.29 is 18.0 Å². The number of hydrogen-bond acceptors (Lipinski definition) is 4. The molecule has 0 saturated carbocycles. The molecular weight excluding hydrogens is 347 g/mol. The summed E-state index contributed by atoms with van der Waals surface area (Å²) in [4.78, 5) is 25.9. The summed E-state index contributed by atoms with van der Waals surface area (Å²) in [7, 11) is 1.55. The number of nitrogens with zero attached hydrogens (tertiary/aromatic N) is 3. The third-order valence-electron chi connectivity index (χ3n) is 4.60. The number of anilines is 1. The fourth-order valence-corrected chi connectivity index (χ4v) is 3.12. The highest BCUT2D eigenvalue weighted by Gasteiger charge is 2.44. The maximum absolute atomic E-state index is 12.6. The molecular formula is C18H14F3N3O2. The van der Waals surface area contributed by atoms with Crippen LogP contribution in [0.3, 0.4) is 0 Å². The van der Waals surface area contributed by atoms with Crippen LogP contribution < -0.4 is 10.5 Å². The highest BCUT2D eigenvalue weighted by atomic mass is 19.4. The number of para-hydroxylation sites is 1. The Bertz CT molecular complexity index is 1020. The van der Waals surface area contributed by atoms with Gasteiger partial charge in [0.25, 0.3) is 5.56 Å². The second-order valence-corrected chi connectivity index (χ2v) is 6.16. The van der Waals surface area contributed by atoms with Crippen molar-refractivity contribution in [3.8, 4) is 6.07 Å². The normalized spacial score (nSPS) is 14.8. The van der Waals surface area contributed by atoms with Gasteiger partial charge in [0.05, 0.1) is 22.7 Å². The highest BCUT2D eigenvalue weighted by molar-refractivity contribution is 6.01. The summed E-state index contributed by atoms with van der Waals surface area (Å²) in [5.41, 5.74) is -1.01. The number of pyridine rings is 1. The zero-order chi connectivity index (χ0) is 19.2. The number of aryl methyl sites for hydroxylation is 1. The van der Waals surface area contributed by atoms with Crippen LogP contribution in [0.1, 0.15) is 5.56 Å². The van der Waals surface area contributed by atoms with E-state index in [9.17, 15) is 28.0 Å². The average Bonchev–Trinajstić information content (AvgIpc) is 2.56. The van der Waals surface area contributed by atoms with Crippen molar-refractivity contribution in [2.75, 3.05) is 18.0 Å². The molecule has 0 amide bonds. The third kappa shape index (κ3) is 2.65. The van der Waals surface area contributed by atoms with Crippen molar-refractivity contribution in [3.05, 3.63) is 52.3 Å². The van der Waals surface area contributed by atoms with Gasteiger partial charge in [0, 0.05) is 25.5 Å². The monoisotopic (exact) mass is 361 g/mol. The summed E-state index contributed by atoms with van der Waals surface area (Å²) in [6.07, 6.45) is -4.76.